The Hall–Kier alpha value is -1.70. The molecule has 0 aromatic carbocycles. The van der Waals surface area contributed by atoms with E-state index in [1.54, 1.807) is 18.3 Å². The minimum Gasteiger partial charge on any atom is -0.469 e. The van der Waals surface area contributed by atoms with E-state index in [1.165, 1.54) is 17.6 Å². The lowest BCUT2D eigenvalue weighted by Crippen LogP contribution is -2.46. The number of carbonyl (C=O) groups excluding carboxylic acids is 2. The Labute approximate surface area is 164 Å². The van der Waals surface area contributed by atoms with Crippen LogP contribution in [0.2, 0.25) is 0 Å². The molecule has 6 nitrogen and oxygen atoms in total. The average Bonchev–Trinajstić information content (AvgIpc) is 3.13. The fourth-order valence-corrected chi connectivity index (χ4v) is 4.99. The Balaban J connectivity index is 1.69. The molecule has 1 spiro atoms. The summed E-state index contributed by atoms with van der Waals surface area (Å²) in [5, 5.41) is 2.85. The molecule has 0 aliphatic carbocycles. The molecule has 1 aromatic heterocycles. The van der Waals surface area contributed by atoms with E-state index in [9.17, 15) is 9.59 Å². The number of likely N-dealkylation sites (tertiary alicyclic amines) is 1. The van der Waals surface area contributed by atoms with Crippen molar-refractivity contribution >= 4 is 23.2 Å². The molecule has 0 radical (unpaired) electrons. The van der Waals surface area contributed by atoms with Crippen LogP contribution in [0.15, 0.2) is 18.7 Å². The fourth-order valence-electron chi connectivity index (χ4n) is 3.84. The molecule has 0 bridgehead atoms. The van der Waals surface area contributed by atoms with Gasteiger partial charge in [-0.1, -0.05) is 13.0 Å². The van der Waals surface area contributed by atoms with Gasteiger partial charge in [0.05, 0.1) is 30.1 Å². The molecule has 1 fully saturated rings. The fraction of sp³-hybridized carbons (Fsp3) is 0.600. The highest BCUT2D eigenvalue weighted by Gasteiger charge is 2.42. The molecule has 2 aliphatic heterocycles. The van der Waals surface area contributed by atoms with Crippen LogP contribution in [0.1, 0.15) is 39.9 Å². The number of ether oxygens (including phenoxy) is 2. The second-order valence-corrected chi connectivity index (χ2v) is 8.40. The predicted molar refractivity (Wildman–Crippen MR) is 105 cm³/mol. The summed E-state index contributed by atoms with van der Waals surface area (Å²) >= 11 is 1.55. The number of piperidine rings is 1. The zero-order chi connectivity index (χ0) is 19.4. The Morgan fingerprint density at radius 3 is 2.89 bits per heavy atom. The molecule has 1 unspecified atom stereocenters. The van der Waals surface area contributed by atoms with E-state index < -0.39 is 0 Å². The number of hydrogen-bond donors (Lipinski definition) is 1. The highest BCUT2D eigenvalue weighted by molar-refractivity contribution is 7.14. The van der Waals surface area contributed by atoms with Crippen molar-refractivity contribution in [1.29, 1.82) is 0 Å². The number of fused-ring (bicyclic) bond motifs is 2. The quantitative estimate of drug-likeness (QED) is 0.595. The highest BCUT2D eigenvalue weighted by Crippen LogP contribution is 2.44. The van der Waals surface area contributed by atoms with Crippen molar-refractivity contribution in [2.45, 2.75) is 31.8 Å². The average molecular weight is 393 g/mol. The molecule has 1 amide bonds. The van der Waals surface area contributed by atoms with Gasteiger partial charge in [-0.25, -0.2) is 0 Å². The number of methoxy groups -OCH3 is 1. The van der Waals surface area contributed by atoms with Crippen LogP contribution in [0, 0.1) is 5.92 Å². The van der Waals surface area contributed by atoms with Gasteiger partial charge in [0.2, 0.25) is 0 Å². The zero-order valence-corrected chi connectivity index (χ0v) is 16.9. The van der Waals surface area contributed by atoms with Gasteiger partial charge >= 0.3 is 5.97 Å². The second kappa shape index (κ2) is 8.54. The first-order valence-electron chi connectivity index (χ1n) is 9.45. The molecule has 0 saturated carbocycles. The number of esters is 1. The maximum Gasteiger partial charge on any atom is 0.310 e. The van der Waals surface area contributed by atoms with Gasteiger partial charge in [0.15, 0.2) is 0 Å². The number of nitrogens with zero attached hydrogens (tertiary/aromatic N) is 1. The van der Waals surface area contributed by atoms with E-state index in [-0.39, 0.29) is 29.9 Å². The molecule has 3 rings (SSSR count). The third-order valence-corrected chi connectivity index (χ3v) is 6.65. The molecule has 2 aliphatic rings. The van der Waals surface area contributed by atoms with E-state index in [0.29, 0.717) is 11.5 Å². The van der Waals surface area contributed by atoms with Crippen LogP contribution < -0.4 is 5.32 Å². The van der Waals surface area contributed by atoms with Crippen LogP contribution in [-0.4, -0.2) is 56.7 Å². The first kappa shape index (κ1) is 20.0. The van der Waals surface area contributed by atoms with Crippen molar-refractivity contribution < 1.29 is 19.1 Å². The third kappa shape index (κ3) is 4.25. The molecule has 27 heavy (non-hydrogen) atoms. The number of amides is 1. The molecular weight excluding hydrogens is 364 g/mol. The van der Waals surface area contributed by atoms with Crippen molar-refractivity contribution in [2.24, 2.45) is 5.92 Å². The third-order valence-electron chi connectivity index (χ3n) is 5.45. The van der Waals surface area contributed by atoms with Gasteiger partial charge in [0.25, 0.3) is 5.91 Å². The number of rotatable bonds is 6. The second-order valence-electron chi connectivity index (χ2n) is 7.26. The summed E-state index contributed by atoms with van der Waals surface area (Å²) in [6.45, 7) is 9.38. The lowest BCUT2D eigenvalue weighted by Gasteiger charge is -2.43. The number of hydrogen-bond acceptors (Lipinski definition) is 6. The summed E-state index contributed by atoms with van der Waals surface area (Å²) in [6.07, 6.45) is 4.66. The van der Waals surface area contributed by atoms with Crippen molar-refractivity contribution in [3.63, 3.8) is 0 Å². The topological polar surface area (TPSA) is 67.9 Å². The van der Waals surface area contributed by atoms with Gasteiger partial charge in [0.1, 0.15) is 0 Å². The van der Waals surface area contributed by atoms with Crippen molar-refractivity contribution in [2.75, 3.05) is 39.9 Å². The normalized spacial score (nSPS) is 19.9. The predicted octanol–water partition coefficient (Wildman–Crippen LogP) is 2.34. The van der Waals surface area contributed by atoms with Gasteiger partial charge < -0.3 is 14.8 Å². The minimum atomic E-state index is -0.364. The Kier molecular flexibility index (Phi) is 6.34. The SMILES string of the molecule is C=CCN1CCC2(CC1)OCCc1sc(C(=O)NCC(C)C(=O)OC)cc12. The number of carbonyl (C=O) groups is 2. The Morgan fingerprint density at radius 2 is 2.22 bits per heavy atom. The first-order chi connectivity index (χ1) is 13.0. The summed E-state index contributed by atoms with van der Waals surface area (Å²) in [7, 11) is 1.35. The van der Waals surface area contributed by atoms with E-state index >= 15 is 0 Å². The largest absolute Gasteiger partial charge is 0.469 e. The molecular formula is C20H28N2O4S. The Morgan fingerprint density at radius 1 is 1.48 bits per heavy atom. The van der Waals surface area contributed by atoms with E-state index in [2.05, 4.69) is 16.8 Å². The van der Waals surface area contributed by atoms with Gasteiger partial charge in [-0.2, -0.15) is 0 Å². The molecule has 1 atom stereocenters. The monoisotopic (exact) mass is 392 g/mol. The van der Waals surface area contributed by atoms with E-state index in [1.807, 2.05) is 12.1 Å². The molecule has 1 N–H and O–H groups in total. The summed E-state index contributed by atoms with van der Waals surface area (Å²) in [5.41, 5.74) is 0.919. The van der Waals surface area contributed by atoms with Gasteiger partial charge in [-0.05, 0) is 24.5 Å². The van der Waals surface area contributed by atoms with Crippen LogP contribution in [0.3, 0.4) is 0 Å². The lowest BCUT2D eigenvalue weighted by atomic mass is 9.82. The zero-order valence-electron chi connectivity index (χ0n) is 16.1. The van der Waals surface area contributed by atoms with Crippen LogP contribution >= 0.6 is 11.3 Å². The van der Waals surface area contributed by atoms with Gasteiger partial charge in [-0.3, -0.25) is 14.5 Å². The van der Waals surface area contributed by atoms with Crippen molar-refractivity contribution in [3.8, 4) is 0 Å². The molecule has 1 aromatic rings. The summed E-state index contributed by atoms with van der Waals surface area (Å²) in [4.78, 5) is 28.4. The molecule has 7 heteroatoms. The molecule has 3 heterocycles. The van der Waals surface area contributed by atoms with Crippen LogP contribution in [0.25, 0.3) is 0 Å². The summed E-state index contributed by atoms with van der Waals surface area (Å²) in [6, 6.07) is 2.00. The van der Waals surface area contributed by atoms with Crippen molar-refractivity contribution in [1.82, 2.24) is 10.2 Å². The maximum absolute atomic E-state index is 12.6. The smallest absolute Gasteiger partial charge is 0.310 e. The molecule has 1 saturated heterocycles. The standard InChI is InChI=1S/C20H28N2O4S/c1-4-8-22-9-6-20(7-10-22)15-12-17(27-16(15)5-11-26-20)18(23)21-13-14(2)19(24)25-3/h4,12,14H,1,5-11,13H2,2-3H3,(H,21,23). The van der Waals surface area contributed by atoms with E-state index in [0.717, 1.165) is 38.9 Å². The molecule has 148 valence electrons. The number of thiophene rings is 1. The van der Waals surface area contributed by atoms with Gasteiger partial charge in [-0.15, -0.1) is 17.9 Å². The minimum absolute atomic E-state index is 0.135. The van der Waals surface area contributed by atoms with Crippen LogP contribution in [0.4, 0.5) is 0 Å². The lowest BCUT2D eigenvalue weighted by molar-refractivity contribution is -0.144. The van der Waals surface area contributed by atoms with Gasteiger partial charge in [0, 0.05) is 37.5 Å². The van der Waals surface area contributed by atoms with Crippen LogP contribution in [-0.2, 0) is 26.3 Å². The first-order valence-corrected chi connectivity index (χ1v) is 10.3. The maximum atomic E-state index is 12.6. The summed E-state index contributed by atoms with van der Waals surface area (Å²) < 4.78 is 11.0. The number of nitrogens with one attached hydrogen (secondary N) is 1. The van der Waals surface area contributed by atoms with Crippen LogP contribution in [0.5, 0.6) is 0 Å². The van der Waals surface area contributed by atoms with Crippen molar-refractivity contribution in [3.05, 3.63) is 34.0 Å². The Bertz CT molecular complexity index is 707. The summed E-state index contributed by atoms with van der Waals surface area (Å²) in [5.74, 6) is -0.818. The highest BCUT2D eigenvalue weighted by atomic mass is 32.1. The van der Waals surface area contributed by atoms with E-state index in [4.69, 9.17) is 9.47 Å².